The molecule has 1 unspecified atom stereocenters. The first kappa shape index (κ1) is 13.9. The summed E-state index contributed by atoms with van der Waals surface area (Å²) in [6.45, 7) is 5.50. The second-order valence-electron chi connectivity index (χ2n) is 6.22. The zero-order valence-electron chi connectivity index (χ0n) is 13.0. The standard InChI is InChI=1S/C17H20N4S/c1-12-5-6-15(22-12)17-19-14-4-3-8-18-16(14)21(17)11-13-7-9-20(2)10-13/h3-6,8,13H,7,9-11H2,1-2H3. The highest BCUT2D eigenvalue weighted by molar-refractivity contribution is 7.15. The predicted octanol–water partition coefficient (Wildman–Crippen LogP) is 3.42. The summed E-state index contributed by atoms with van der Waals surface area (Å²) in [5.41, 5.74) is 2.01. The molecule has 114 valence electrons. The minimum atomic E-state index is 0.684. The molecule has 0 amide bonds. The van der Waals surface area contributed by atoms with E-state index in [-0.39, 0.29) is 0 Å². The van der Waals surface area contributed by atoms with E-state index in [1.54, 1.807) is 0 Å². The van der Waals surface area contributed by atoms with Gasteiger partial charge in [0, 0.05) is 24.2 Å². The molecule has 0 spiro atoms. The van der Waals surface area contributed by atoms with Gasteiger partial charge >= 0.3 is 0 Å². The molecular formula is C17H20N4S. The van der Waals surface area contributed by atoms with Crippen LogP contribution in [0.3, 0.4) is 0 Å². The number of hydrogen-bond donors (Lipinski definition) is 0. The Hall–Kier alpha value is -1.72. The van der Waals surface area contributed by atoms with E-state index in [4.69, 9.17) is 4.98 Å². The van der Waals surface area contributed by atoms with E-state index in [1.165, 1.54) is 22.7 Å². The highest BCUT2D eigenvalue weighted by Crippen LogP contribution is 2.31. The van der Waals surface area contributed by atoms with Crippen molar-refractivity contribution in [1.82, 2.24) is 19.4 Å². The monoisotopic (exact) mass is 312 g/mol. The maximum atomic E-state index is 4.85. The molecule has 1 fully saturated rings. The lowest BCUT2D eigenvalue weighted by Crippen LogP contribution is -2.17. The number of nitrogens with zero attached hydrogens (tertiary/aromatic N) is 4. The number of hydrogen-bond acceptors (Lipinski definition) is 4. The van der Waals surface area contributed by atoms with Crippen LogP contribution >= 0.6 is 11.3 Å². The molecule has 3 aromatic rings. The molecule has 3 aromatic heterocycles. The summed E-state index contributed by atoms with van der Waals surface area (Å²) in [6.07, 6.45) is 3.12. The van der Waals surface area contributed by atoms with E-state index >= 15 is 0 Å². The molecule has 4 rings (SSSR count). The topological polar surface area (TPSA) is 34.0 Å². The van der Waals surface area contributed by atoms with Crippen molar-refractivity contribution in [2.75, 3.05) is 20.1 Å². The van der Waals surface area contributed by atoms with E-state index in [0.717, 1.165) is 30.1 Å². The zero-order valence-corrected chi connectivity index (χ0v) is 13.8. The van der Waals surface area contributed by atoms with E-state index in [1.807, 2.05) is 23.6 Å². The van der Waals surface area contributed by atoms with Crippen molar-refractivity contribution in [1.29, 1.82) is 0 Å². The predicted molar refractivity (Wildman–Crippen MR) is 91.2 cm³/mol. The number of likely N-dealkylation sites (tertiary alicyclic amines) is 1. The Balaban J connectivity index is 1.79. The van der Waals surface area contributed by atoms with Gasteiger partial charge in [0.05, 0.1) is 4.88 Å². The third-order valence-electron chi connectivity index (χ3n) is 4.39. The van der Waals surface area contributed by atoms with Crippen LogP contribution in [-0.2, 0) is 6.54 Å². The summed E-state index contributed by atoms with van der Waals surface area (Å²) in [4.78, 5) is 14.4. The average molecular weight is 312 g/mol. The highest BCUT2D eigenvalue weighted by Gasteiger charge is 2.23. The molecule has 1 aliphatic rings. The van der Waals surface area contributed by atoms with Crippen molar-refractivity contribution in [3.8, 4) is 10.7 Å². The number of aryl methyl sites for hydroxylation is 1. The van der Waals surface area contributed by atoms with Crippen molar-refractivity contribution < 1.29 is 0 Å². The molecule has 4 heterocycles. The van der Waals surface area contributed by atoms with Crippen LogP contribution in [0.25, 0.3) is 21.9 Å². The van der Waals surface area contributed by atoms with Crippen molar-refractivity contribution in [2.45, 2.75) is 19.9 Å². The molecule has 4 nitrogen and oxygen atoms in total. The van der Waals surface area contributed by atoms with Gasteiger partial charge in [0.1, 0.15) is 5.52 Å². The van der Waals surface area contributed by atoms with Gasteiger partial charge in [-0.05, 0) is 57.1 Å². The molecule has 0 radical (unpaired) electrons. The lowest BCUT2D eigenvalue weighted by Gasteiger charge is -2.13. The van der Waals surface area contributed by atoms with Crippen LogP contribution in [0, 0.1) is 12.8 Å². The Kier molecular flexibility index (Phi) is 3.47. The first-order chi connectivity index (χ1) is 10.7. The van der Waals surface area contributed by atoms with Gasteiger partial charge in [-0.25, -0.2) is 9.97 Å². The Labute approximate surface area is 134 Å². The molecule has 1 atom stereocenters. The third-order valence-corrected chi connectivity index (χ3v) is 5.39. The Morgan fingerprint density at radius 2 is 2.23 bits per heavy atom. The van der Waals surface area contributed by atoms with Crippen LogP contribution in [0.2, 0.25) is 0 Å². The first-order valence-corrected chi connectivity index (χ1v) is 8.59. The molecule has 1 aliphatic heterocycles. The average Bonchev–Trinajstić information content (AvgIpc) is 3.20. The van der Waals surface area contributed by atoms with Gasteiger partial charge in [0.2, 0.25) is 0 Å². The molecule has 22 heavy (non-hydrogen) atoms. The van der Waals surface area contributed by atoms with Crippen LogP contribution in [0.1, 0.15) is 11.3 Å². The van der Waals surface area contributed by atoms with Crippen LogP contribution in [-0.4, -0.2) is 39.6 Å². The van der Waals surface area contributed by atoms with Gasteiger partial charge in [-0.3, -0.25) is 0 Å². The lowest BCUT2D eigenvalue weighted by atomic mass is 10.1. The number of pyridine rings is 1. The summed E-state index contributed by atoms with van der Waals surface area (Å²) in [7, 11) is 2.20. The molecular weight excluding hydrogens is 292 g/mol. The number of imidazole rings is 1. The quantitative estimate of drug-likeness (QED) is 0.743. The van der Waals surface area contributed by atoms with E-state index in [0.29, 0.717) is 5.92 Å². The summed E-state index contributed by atoms with van der Waals surface area (Å²) < 4.78 is 2.32. The van der Waals surface area contributed by atoms with E-state index in [9.17, 15) is 0 Å². The summed E-state index contributed by atoms with van der Waals surface area (Å²) in [5.74, 6) is 1.76. The fraction of sp³-hybridized carbons (Fsp3) is 0.412. The van der Waals surface area contributed by atoms with Gasteiger partial charge in [-0.1, -0.05) is 0 Å². The smallest absolute Gasteiger partial charge is 0.160 e. The molecule has 0 N–H and O–H groups in total. The van der Waals surface area contributed by atoms with Gasteiger partial charge < -0.3 is 9.47 Å². The lowest BCUT2D eigenvalue weighted by molar-refractivity contribution is 0.380. The highest BCUT2D eigenvalue weighted by atomic mass is 32.1. The summed E-state index contributed by atoms with van der Waals surface area (Å²) >= 11 is 1.81. The van der Waals surface area contributed by atoms with Crippen molar-refractivity contribution >= 4 is 22.5 Å². The molecule has 0 saturated carbocycles. The minimum absolute atomic E-state index is 0.684. The van der Waals surface area contributed by atoms with Gasteiger partial charge in [0.25, 0.3) is 0 Å². The molecule has 1 saturated heterocycles. The van der Waals surface area contributed by atoms with E-state index < -0.39 is 0 Å². The maximum absolute atomic E-state index is 4.85. The van der Waals surface area contributed by atoms with E-state index in [2.05, 4.69) is 46.6 Å². The maximum Gasteiger partial charge on any atom is 0.160 e. The summed E-state index contributed by atoms with van der Waals surface area (Å²) in [6, 6.07) is 8.37. The third kappa shape index (κ3) is 2.44. The molecule has 0 aromatic carbocycles. The Morgan fingerprint density at radius 1 is 1.32 bits per heavy atom. The number of fused-ring (bicyclic) bond motifs is 1. The number of aromatic nitrogens is 3. The fourth-order valence-corrected chi connectivity index (χ4v) is 4.17. The van der Waals surface area contributed by atoms with Gasteiger partial charge in [-0.2, -0.15) is 0 Å². The van der Waals surface area contributed by atoms with Crippen LogP contribution in [0.5, 0.6) is 0 Å². The molecule has 0 bridgehead atoms. The second-order valence-corrected chi connectivity index (χ2v) is 7.51. The van der Waals surface area contributed by atoms with Gasteiger partial charge in [-0.15, -0.1) is 11.3 Å². The summed E-state index contributed by atoms with van der Waals surface area (Å²) in [5, 5.41) is 0. The SMILES string of the molecule is Cc1ccc(-c2nc3cccnc3n2CC2CCN(C)C2)s1. The van der Waals surface area contributed by atoms with Crippen LogP contribution in [0.15, 0.2) is 30.5 Å². The Bertz CT molecular complexity index is 804. The second kappa shape index (κ2) is 5.48. The van der Waals surface area contributed by atoms with Crippen LogP contribution in [0.4, 0.5) is 0 Å². The van der Waals surface area contributed by atoms with Crippen LogP contribution < -0.4 is 0 Å². The van der Waals surface area contributed by atoms with Crippen molar-refractivity contribution in [2.24, 2.45) is 5.92 Å². The zero-order chi connectivity index (χ0) is 15.1. The molecule has 5 heteroatoms. The molecule has 0 aliphatic carbocycles. The number of thiophene rings is 1. The van der Waals surface area contributed by atoms with Gasteiger partial charge in [0.15, 0.2) is 11.5 Å². The minimum Gasteiger partial charge on any atom is -0.308 e. The first-order valence-electron chi connectivity index (χ1n) is 7.77. The largest absolute Gasteiger partial charge is 0.308 e. The van der Waals surface area contributed by atoms with Crippen molar-refractivity contribution in [3.05, 3.63) is 35.3 Å². The number of rotatable bonds is 3. The van der Waals surface area contributed by atoms with Crippen molar-refractivity contribution in [3.63, 3.8) is 0 Å². The fourth-order valence-electron chi connectivity index (χ4n) is 3.31. The normalized spacial score (nSPS) is 19.3. The Morgan fingerprint density at radius 3 is 2.95 bits per heavy atom.